The van der Waals surface area contributed by atoms with Gasteiger partial charge < -0.3 is 22.1 Å². The van der Waals surface area contributed by atoms with E-state index in [4.69, 9.17) is 11.5 Å². The minimum Gasteiger partial charge on any atom is -0.376 e. The van der Waals surface area contributed by atoms with Crippen LogP contribution in [0, 0.1) is 0 Å². The molecular weight excluding hydrogens is 458 g/mol. The van der Waals surface area contributed by atoms with E-state index >= 15 is 0 Å². The molecule has 0 saturated carbocycles. The minimum atomic E-state index is 0. The van der Waals surface area contributed by atoms with Gasteiger partial charge in [0, 0.05) is 43.1 Å². The molecule has 2 rings (SSSR count). The second-order valence-electron chi connectivity index (χ2n) is 3.85. The quantitative estimate of drug-likeness (QED) is 0.453. The molecule has 0 aromatic carbocycles. The van der Waals surface area contributed by atoms with Crippen LogP contribution in [0.2, 0.25) is 0 Å². The SMILES string of the molecule is Br.Br.C1=NCCS1.C1CSCN1.CCC(N)CNC(N)=S. The fourth-order valence-electron chi connectivity index (χ4n) is 1.00. The number of nitrogens with two attached hydrogens (primary N) is 2. The highest BCUT2D eigenvalue weighted by molar-refractivity contribution is 8.93. The highest BCUT2D eigenvalue weighted by atomic mass is 79.9. The molecule has 0 amide bonds. The monoisotopic (exact) mass is 483 g/mol. The summed E-state index contributed by atoms with van der Waals surface area (Å²) in [5, 5.41) is 6.28. The minimum absolute atomic E-state index is 0. The summed E-state index contributed by atoms with van der Waals surface area (Å²) in [4.78, 5) is 3.92. The van der Waals surface area contributed by atoms with Crippen molar-refractivity contribution in [3.05, 3.63) is 0 Å². The Balaban J connectivity index is -0.000000232. The van der Waals surface area contributed by atoms with Crippen LogP contribution in [-0.4, -0.2) is 53.7 Å². The Kier molecular flexibility index (Phi) is 26.7. The Morgan fingerprint density at radius 3 is 2.43 bits per heavy atom. The Morgan fingerprint density at radius 1 is 1.48 bits per heavy atom. The number of thioether (sulfide) groups is 2. The van der Waals surface area contributed by atoms with Gasteiger partial charge in [-0.25, -0.2) is 0 Å². The number of nitrogens with one attached hydrogen (secondary N) is 2. The van der Waals surface area contributed by atoms with Crippen molar-refractivity contribution in [3.8, 4) is 0 Å². The first kappa shape index (κ1) is 26.8. The molecule has 0 bridgehead atoms. The summed E-state index contributed by atoms with van der Waals surface area (Å²) in [6.45, 7) is 4.94. The van der Waals surface area contributed by atoms with E-state index < -0.39 is 0 Å². The van der Waals surface area contributed by atoms with Crippen molar-refractivity contribution in [1.29, 1.82) is 0 Å². The van der Waals surface area contributed by atoms with E-state index in [0.717, 1.165) is 13.0 Å². The van der Waals surface area contributed by atoms with Gasteiger partial charge in [-0.05, 0) is 18.6 Å². The molecule has 0 spiro atoms. The molecule has 2 aliphatic rings. The molecule has 21 heavy (non-hydrogen) atoms. The predicted molar refractivity (Wildman–Crippen MR) is 115 cm³/mol. The van der Waals surface area contributed by atoms with Gasteiger partial charge in [0.2, 0.25) is 0 Å². The zero-order valence-corrected chi connectivity index (χ0v) is 18.1. The molecule has 6 N–H and O–H groups in total. The normalized spacial score (nSPS) is 16.1. The summed E-state index contributed by atoms with van der Waals surface area (Å²) < 4.78 is 0. The number of rotatable bonds is 3. The molecule has 0 aromatic rings. The maximum absolute atomic E-state index is 5.54. The summed E-state index contributed by atoms with van der Waals surface area (Å²) in [5.74, 6) is 3.67. The van der Waals surface area contributed by atoms with Gasteiger partial charge in [0.15, 0.2) is 5.11 Å². The van der Waals surface area contributed by atoms with Crippen molar-refractivity contribution in [1.82, 2.24) is 10.6 Å². The lowest BCUT2D eigenvalue weighted by Crippen LogP contribution is -2.39. The zero-order chi connectivity index (χ0) is 14.3. The topological polar surface area (TPSA) is 88.5 Å². The first-order valence-electron chi connectivity index (χ1n) is 6.34. The number of halogens is 2. The van der Waals surface area contributed by atoms with E-state index in [9.17, 15) is 0 Å². The number of hydrogen-bond donors (Lipinski definition) is 4. The molecule has 128 valence electrons. The van der Waals surface area contributed by atoms with Crippen LogP contribution in [0.1, 0.15) is 13.3 Å². The largest absolute Gasteiger partial charge is 0.376 e. The molecule has 2 heterocycles. The summed E-state index contributed by atoms with van der Waals surface area (Å²) in [6.07, 6.45) is 0.940. The average Bonchev–Trinajstić information content (AvgIpc) is 3.11. The van der Waals surface area contributed by atoms with Gasteiger partial charge in [0.1, 0.15) is 0 Å². The van der Waals surface area contributed by atoms with E-state index in [1.165, 1.54) is 23.9 Å². The molecule has 1 unspecified atom stereocenters. The van der Waals surface area contributed by atoms with E-state index in [0.29, 0.717) is 11.7 Å². The third-order valence-corrected chi connectivity index (χ3v) is 3.94. The lowest BCUT2D eigenvalue weighted by Gasteiger charge is -2.08. The lowest BCUT2D eigenvalue weighted by atomic mass is 10.2. The van der Waals surface area contributed by atoms with Gasteiger partial charge in [0.25, 0.3) is 0 Å². The van der Waals surface area contributed by atoms with Gasteiger partial charge in [-0.1, -0.05) is 6.92 Å². The zero-order valence-electron chi connectivity index (χ0n) is 12.2. The smallest absolute Gasteiger partial charge is 0.163 e. The molecule has 5 nitrogen and oxygen atoms in total. The van der Waals surface area contributed by atoms with Crippen LogP contribution in [0.4, 0.5) is 0 Å². The summed E-state index contributed by atoms with van der Waals surface area (Å²) in [6, 6.07) is 0.159. The summed E-state index contributed by atoms with van der Waals surface area (Å²) in [5.41, 5.74) is 12.6. The Morgan fingerprint density at radius 2 is 2.19 bits per heavy atom. The van der Waals surface area contributed by atoms with Crippen molar-refractivity contribution in [2.45, 2.75) is 19.4 Å². The Labute approximate surface area is 163 Å². The maximum atomic E-state index is 5.54. The van der Waals surface area contributed by atoms with Gasteiger partial charge in [-0.3, -0.25) is 4.99 Å². The second-order valence-corrected chi connectivity index (χ2v) is 6.35. The first-order valence-corrected chi connectivity index (χ1v) is 8.95. The molecule has 0 radical (unpaired) electrons. The van der Waals surface area contributed by atoms with Crippen LogP contribution in [0.5, 0.6) is 0 Å². The molecule has 0 aromatic heterocycles. The summed E-state index contributed by atoms with van der Waals surface area (Å²) in [7, 11) is 0. The van der Waals surface area contributed by atoms with Crippen LogP contribution >= 0.6 is 69.7 Å². The van der Waals surface area contributed by atoms with Crippen LogP contribution in [0.25, 0.3) is 0 Å². The number of thiocarbonyl (C=S) groups is 1. The summed E-state index contributed by atoms with van der Waals surface area (Å²) >= 11 is 8.32. The van der Waals surface area contributed by atoms with Crippen LogP contribution in [-0.2, 0) is 0 Å². The number of nitrogens with zero attached hydrogens (tertiary/aromatic N) is 1. The first-order chi connectivity index (χ1) is 9.16. The van der Waals surface area contributed by atoms with Crippen molar-refractivity contribution in [2.24, 2.45) is 16.5 Å². The molecule has 2 aliphatic heterocycles. The van der Waals surface area contributed by atoms with Crippen molar-refractivity contribution < 1.29 is 0 Å². The average molecular weight is 485 g/mol. The van der Waals surface area contributed by atoms with E-state index in [2.05, 4.69) is 27.8 Å². The lowest BCUT2D eigenvalue weighted by molar-refractivity contribution is 0.629. The number of hydrogen-bond acceptors (Lipinski definition) is 6. The standard InChI is InChI=1S/C5H13N3S.C3H7NS.C3H5NS.2BrH/c1-2-4(6)3-8-5(7)9;2*1-2-5-3-4-1;;/h4H,2-3,6H2,1H3,(H3,7,8,9);4H,1-3H2;3H,1-2H2;2*1H. The highest BCUT2D eigenvalue weighted by Gasteiger charge is 1.96. The molecule has 1 atom stereocenters. The highest BCUT2D eigenvalue weighted by Crippen LogP contribution is 2.00. The van der Waals surface area contributed by atoms with Crippen molar-refractivity contribution in [3.63, 3.8) is 0 Å². The van der Waals surface area contributed by atoms with Crippen LogP contribution in [0.3, 0.4) is 0 Å². The third kappa shape index (κ3) is 23.3. The fraction of sp³-hybridized carbons (Fsp3) is 0.818. The van der Waals surface area contributed by atoms with E-state index in [1.807, 2.05) is 24.2 Å². The third-order valence-electron chi connectivity index (χ3n) is 2.18. The van der Waals surface area contributed by atoms with E-state index in [-0.39, 0.29) is 40.0 Å². The predicted octanol–water partition coefficient (Wildman–Crippen LogP) is 1.75. The van der Waals surface area contributed by atoms with Crippen molar-refractivity contribution >= 4 is 80.4 Å². The molecular formula is C11H27Br2N5S3. The van der Waals surface area contributed by atoms with Crippen molar-refractivity contribution in [2.75, 3.05) is 37.0 Å². The van der Waals surface area contributed by atoms with Gasteiger partial charge in [0.05, 0.1) is 5.55 Å². The molecule has 10 heteroatoms. The Hall–Kier alpha value is 0.940. The number of aliphatic imine (C=N–C) groups is 1. The van der Waals surface area contributed by atoms with Crippen LogP contribution in [0.15, 0.2) is 4.99 Å². The van der Waals surface area contributed by atoms with Crippen LogP contribution < -0.4 is 22.1 Å². The van der Waals surface area contributed by atoms with Gasteiger partial charge in [-0.2, -0.15) is 0 Å². The van der Waals surface area contributed by atoms with Gasteiger partial charge in [-0.15, -0.1) is 57.5 Å². The Bertz CT molecular complexity index is 242. The fourth-order valence-corrected chi connectivity index (χ4v) is 2.33. The molecule has 1 fully saturated rings. The second kappa shape index (κ2) is 20.9. The molecule has 1 saturated heterocycles. The van der Waals surface area contributed by atoms with E-state index in [1.54, 1.807) is 11.8 Å². The van der Waals surface area contributed by atoms with Gasteiger partial charge >= 0.3 is 0 Å². The maximum Gasteiger partial charge on any atom is 0.163 e. The molecule has 0 aliphatic carbocycles.